The molecule has 0 unspecified atom stereocenters. The number of amides is 1. The highest BCUT2D eigenvalue weighted by Gasteiger charge is 2.47. The standard InChI is InChI=1S/C23H30N2O2S/c1-23(27)13-14-25(16-17-8-3-2-4-9-17)20(19-12-7-15-28-19)21(23)24-22(26)18-10-5-6-11-18/h2-4,7-9,12,15,18,20-21,27H,5-6,10-11,13-14,16H2,1H3,(H,24,26)/t20-,21-,23+/m0/s1. The van der Waals surface area contributed by atoms with E-state index in [9.17, 15) is 9.90 Å². The monoisotopic (exact) mass is 398 g/mol. The summed E-state index contributed by atoms with van der Waals surface area (Å²) in [5.41, 5.74) is 0.335. The average molecular weight is 399 g/mol. The minimum atomic E-state index is -0.921. The van der Waals surface area contributed by atoms with Crippen LogP contribution in [-0.4, -0.2) is 34.1 Å². The number of piperidine rings is 1. The van der Waals surface area contributed by atoms with Crippen LogP contribution in [-0.2, 0) is 11.3 Å². The van der Waals surface area contributed by atoms with Crippen LogP contribution in [0, 0.1) is 5.92 Å². The fraction of sp³-hybridized carbons (Fsp3) is 0.522. The maximum Gasteiger partial charge on any atom is 0.223 e. The smallest absolute Gasteiger partial charge is 0.223 e. The van der Waals surface area contributed by atoms with Gasteiger partial charge in [0.25, 0.3) is 0 Å². The maximum absolute atomic E-state index is 12.9. The van der Waals surface area contributed by atoms with Crippen molar-refractivity contribution in [3.8, 4) is 0 Å². The third-order valence-corrected chi connectivity index (χ3v) is 7.31. The number of carbonyl (C=O) groups excluding carboxylic acids is 1. The van der Waals surface area contributed by atoms with Crippen LogP contribution in [0.15, 0.2) is 47.8 Å². The first-order chi connectivity index (χ1) is 13.5. The lowest BCUT2D eigenvalue weighted by Gasteiger charge is -2.49. The molecular formula is C23H30N2O2S. The second kappa shape index (κ2) is 8.36. The van der Waals surface area contributed by atoms with Gasteiger partial charge in [-0.25, -0.2) is 0 Å². The predicted molar refractivity (Wildman–Crippen MR) is 113 cm³/mol. The zero-order valence-electron chi connectivity index (χ0n) is 16.5. The van der Waals surface area contributed by atoms with Crippen molar-refractivity contribution in [2.75, 3.05) is 6.54 Å². The molecule has 1 saturated heterocycles. The number of benzene rings is 1. The Kier molecular flexibility index (Phi) is 5.85. The molecule has 28 heavy (non-hydrogen) atoms. The van der Waals surface area contributed by atoms with Gasteiger partial charge in [0.05, 0.1) is 17.7 Å². The van der Waals surface area contributed by atoms with E-state index in [-0.39, 0.29) is 23.9 Å². The normalized spacial score (nSPS) is 29.1. The van der Waals surface area contributed by atoms with Crippen molar-refractivity contribution in [1.82, 2.24) is 10.2 Å². The Balaban J connectivity index is 1.62. The summed E-state index contributed by atoms with van der Waals surface area (Å²) in [5, 5.41) is 16.6. The summed E-state index contributed by atoms with van der Waals surface area (Å²) >= 11 is 1.70. The summed E-state index contributed by atoms with van der Waals surface area (Å²) in [5.74, 6) is 0.218. The molecule has 0 bridgehead atoms. The van der Waals surface area contributed by atoms with Crippen LogP contribution >= 0.6 is 11.3 Å². The molecule has 4 rings (SSSR count). The van der Waals surface area contributed by atoms with E-state index >= 15 is 0 Å². The van der Waals surface area contributed by atoms with Gasteiger partial charge in [0.15, 0.2) is 0 Å². The third-order valence-electron chi connectivity index (χ3n) is 6.37. The summed E-state index contributed by atoms with van der Waals surface area (Å²) in [4.78, 5) is 16.6. The van der Waals surface area contributed by atoms with Crippen molar-refractivity contribution in [3.63, 3.8) is 0 Å². The molecule has 2 aromatic rings. The van der Waals surface area contributed by atoms with E-state index in [1.807, 2.05) is 13.0 Å². The topological polar surface area (TPSA) is 52.6 Å². The van der Waals surface area contributed by atoms with Crippen LogP contribution in [0.1, 0.15) is 55.5 Å². The van der Waals surface area contributed by atoms with Crippen LogP contribution in [0.3, 0.4) is 0 Å². The Bertz CT molecular complexity index is 769. The van der Waals surface area contributed by atoms with Gasteiger partial charge in [0.2, 0.25) is 5.91 Å². The van der Waals surface area contributed by atoms with Crippen LogP contribution in [0.25, 0.3) is 0 Å². The van der Waals surface area contributed by atoms with Gasteiger partial charge in [-0.05, 0) is 43.2 Å². The number of likely N-dealkylation sites (tertiary alicyclic amines) is 1. The van der Waals surface area contributed by atoms with Gasteiger partial charge in [-0.15, -0.1) is 11.3 Å². The zero-order valence-corrected chi connectivity index (χ0v) is 17.3. The zero-order chi connectivity index (χ0) is 19.6. The first kappa shape index (κ1) is 19.6. The lowest BCUT2D eigenvalue weighted by molar-refractivity contribution is -0.132. The van der Waals surface area contributed by atoms with Crippen LogP contribution < -0.4 is 5.32 Å². The van der Waals surface area contributed by atoms with Crippen molar-refractivity contribution in [2.24, 2.45) is 5.92 Å². The van der Waals surface area contributed by atoms with Crippen molar-refractivity contribution in [3.05, 3.63) is 58.3 Å². The van der Waals surface area contributed by atoms with Gasteiger partial charge in [-0.2, -0.15) is 0 Å². The van der Waals surface area contributed by atoms with Gasteiger partial charge < -0.3 is 10.4 Å². The number of hydrogen-bond donors (Lipinski definition) is 2. The minimum absolute atomic E-state index is 0.0192. The highest BCUT2D eigenvalue weighted by atomic mass is 32.1. The molecule has 5 heteroatoms. The molecule has 2 N–H and O–H groups in total. The van der Waals surface area contributed by atoms with E-state index in [4.69, 9.17) is 0 Å². The number of thiophene rings is 1. The van der Waals surface area contributed by atoms with Crippen LogP contribution in [0.2, 0.25) is 0 Å². The minimum Gasteiger partial charge on any atom is -0.388 e. The number of hydrogen-bond acceptors (Lipinski definition) is 4. The van der Waals surface area contributed by atoms with E-state index in [0.29, 0.717) is 6.42 Å². The molecule has 4 nitrogen and oxygen atoms in total. The molecule has 0 spiro atoms. The molecule has 1 saturated carbocycles. The first-order valence-electron chi connectivity index (χ1n) is 10.4. The summed E-state index contributed by atoms with van der Waals surface area (Å²) in [6.45, 7) is 3.50. The summed E-state index contributed by atoms with van der Waals surface area (Å²) in [6.07, 6.45) is 4.86. The van der Waals surface area contributed by atoms with Crippen molar-refractivity contribution < 1.29 is 9.90 Å². The van der Waals surface area contributed by atoms with Crippen LogP contribution in [0.5, 0.6) is 0 Å². The first-order valence-corrected chi connectivity index (χ1v) is 11.3. The van der Waals surface area contributed by atoms with Gasteiger partial charge in [-0.3, -0.25) is 9.69 Å². The largest absolute Gasteiger partial charge is 0.388 e. The fourth-order valence-electron chi connectivity index (χ4n) is 4.71. The number of nitrogens with one attached hydrogen (secondary N) is 1. The molecule has 1 amide bonds. The summed E-state index contributed by atoms with van der Waals surface area (Å²) in [7, 11) is 0. The summed E-state index contributed by atoms with van der Waals surface area (Å²) in [6, 6.07) is 14.3. The van der Waals surface area contributed by atoms with E-state index in [0.717, 1.165) is 38.8 Å². The Labute approximate surface area is 171 Å². The second-order valence-corrected chi connectivity index (χ2v) is 9.47. The van der Waals surface area contributed by atoms with Gasteiger partial charge >= 0.3 is 0 Å². The fourth-order valence-corrected chi connectivity index (χ4v) is 5.60. The molecule has 1 aromatic carbocycles. The quantitative estimate of drug-likeness (QED) is 0.797. The van der Waals surface area contributed by atoms with Gasteiger partial charge in [0.1, 0.15) is 0 Å². The van der Waals surface area contributed by atoms with Crippen LogP contribution in [0.4, 0.5) is 0 Å². The van der Waals surface area contributed by atoms with E-state index in [1.54, 1.807) is 11.3 Å². The van der Waals surface area contributed by atoms with E-state index in [2.05, 4.69) is 52.0 Å². The number of aliphatic hydroxyl groups is 1. The lowest BCUT2D eigenvalue weighted by atomic mass is 9.81. The van der Waals surface area contributed by atoms with E-state index in [1.165, 1.54) is 10.4 Å². The molecule has 0 radical (unpaired) electrons. The summed E-state index contributed by atoms with van der Waals surface area (Å²) < 4.78 is 0. The van der Waals surface area contributed by atoms with Crippen molar-refractivity contribution in [1.29, 1.82) is 0 Å². The van der Waals surface area contributed by atoms with E-state index < -0.39 is 5.60 Å². The Morgan fingerprint density at radius 1 is 1.21 bits per heavy atom. The number of nitrogens with zero attached hydrogens (tertiary/aromatic N) is 1. The molecule has 1 aromatic heterocycles. The molecule has 2 aliphatic rings. The Hall–Kier alpha value is -1.69. The second-order valence-electron chi connectivity index (χ2n) is 8.49. The molecule has 1 aliphatic carbocycles. The van der Waals surface area contributed by atoms with Gasteiger partial charge in [-0.1, -0.05) is 49.2 Å². The lowest BCUT2D eigenvalue weighted by Crippen LogP contribution is -2.62. The average Bonchev–Trinajstić information content (AvgIpc) is 3.39. The maximum atomic E-state index is 12.9. The van der Waals surface area contributed by atoms with Crippen molar-refractivity contribution in [2.45, 2.75) is 63.3 Å². The molecule has 150 valence electrons. The molecule has 2 fully saturated rings. The Morgan fingerprint density at radius 3 is 2.64 bits per heavy atom. The molecular weight excluding hydrogens is 368 g/mol. The third kappa shape index (κ3) is 4.17. The SMILES string of the molecule is C[C@@]1(O)CCN(Cc2ccccc2)[C@@H](c2cccs2)[C@@H]1NC(=O)C1CCCC1. The highest BCUT2D eigenvalue weighted by molar-refractivity contribution is 7.10. The van der Waals surface area contributed by atoms with Gasteiger partial charge in [0, 0.05) is 23.9 Å². The molecule has 1 aliphatic heterocycles. The predicted octanol–water partition coefficient (Wildman–Crippen LogP) is 4.12. The molecule has 2 heterocycles. The number of rotatable bonds is 5. The Morgan fingerprint density at radius 2 is 1.96 bits per heavy atom. The van der Waals surface area contributed by atoms with Crippen molar-refractivity contribution >= 4 is 17.2 Å². The highest BCUT2D eigenvalue weighted by Crippen LogP contribution is 2.40. The molecule has 3 atom stereocenters. The number of carbonyl (C=O) groups is 1.